The summed E-state index contributed by atoms with van der Waals surface area (Å²) in [5.74, 6) is 0.327. The van der Waals surface area contributed by atoms with Crippen LogP contribution in [0.5, 0.6) is 5.75 Å². The SMILES string of the molecule is CCOC(=O)c1cc(C)[nH]c2c(OC)c3nc(C)c(C)c3cc12. The van der Waals surface area contributed by atoms with Crippen molar-refractivity contribution in [3.63, 3.8) is 0 Å². The van der Waals surface area contributed by atoms with Crippen molar-refractivity contribution in [3.05, 3.63) is 34.6 Å². The molecule has 0 spiro atoms. The van der Waals surface area contributed by atoms with Gasteiger partial charge in [-0.1, -0.05) is 0 Å². The number of methoxy groups -OCH3 is 1. The molecule has 3 rings (SSSR count). The number of aromatic nitrogens is 2. The van der Waals surface area contributed by atoms with Crippen LogP contribution in [0.3, 0.4) is 0 Å². The number of carbonyl (C=O) groups excluding carboxylic acids is 1. The first kappa shape index (κ1) is 15.3. The quantitative estimate of drug-likeness (QED) is 0.747. The molecule has 120 valence electrons. The predicted octanol–water partition coefficient (Wildman–Crippen LogP) is 3.83. The Bertz CT molecular complexity index is 925. The van der Waals surface area contributed by atoms with Crippen molar-refractivity contribution in [2.45, 2.75) is 27.7 Å². The number of rotatable bonds is 3. The maximum Gasteiger partial charge on any atom is 0.338 e. The summed E-state index contributed by atoms with van der Waals surface area (Å²) in [5, 5.41) is 1.78. The zero-order valence-electron chi connectivity index (χ0n) is 14.0. The predicted molar refractivity (Wildman–Crippen MR) is 90.3 cm³/mol. The van der Waals surface area contributed by atoms with Crippen molar-refractivity contribution in [3.8, 4) is 5.75 Å². The van der Waals surface area contributed by atoms with Gasteiger partial charge in [-0.3, -0.25) is 0 Å². The van der Waals surface area contributed by atoms with Crippen LogP contribution in [-0.2, 0) is 4.74 Å². The van der Waals surface area contributed by atoms with Gasteiger partial charge in [0.15, 0.2) is 5.75 Å². The molecule has 23 heavy (non-hydrogen) atoms. The fourth-order valence-corrected chi connectivity index (χ4v) is 2.93. The number of H-pyrrole nitrogens is 1. The second kappa shape index (κ2) is 5.57. The molecule has 0 aliphatic heterocycles. The molecule has 1 N–H and O–H groups in total. The van der Waals surface area contributed by atoms with Crippen LogP contribution in [-0.4, -0.2) is 29.7 Å². The molecule has 5 heteroatoms. The molecule has 2 heterocycles. The summed E-state index contributed by atoms with van der Waals surface area (Å²) in [6, 6.07) is 3.80. The van der Waals surface area contributed by atoms with Gasteiger partial charge < -0.3 is 14.5 Å². The lowest BCUT2D eigenvalue weighted by atomic mass is 10.0. The third-order valence-corrected chi connectivity index (χ3v) is 4.15. The van der Waals surface area contributed by atoms with E-state index in [4.69, 9.17) is 9.47 Å². The number of nitrogens with one attached hydrogen (secondary N) is 1. The van der Waals surface area contributed by atoms with Crippen LogP contribution in [0.1, 0.15) is 34.2 Å². The second-order valence-electron chi connectivity index (χ2n) is 5.64. The third kappa shape index (κ3) is 2.32. The lowest BCUT2D eigenvalue weighted by Gasteiger charge is -2.12. The first-order chi connectivity index (χ1) is 11.0. The van der Waals surface area contributed by atoms with Crippen molar-refractivity contribution in [1.29, 1.82) is 0 Å². The molecule has 0 aliphatic rings. The fraction of sp³-hybridized carbons (Fsp3) is 0.333. The Morgan fingerprint density at radius 1 is 1.22 bits per heavy atom. The first-order valence-electron chi connectivity index (χ1n) is 7.62. The number of benzene rings is 1. The van der Waals surface area contributed by atoms with Gasteiger partial charge in [-0.05, 0) is 45.4 Å². The van der Waals surface area contributed by atoms with Gasteiger partial charge in [0.2, 0.25) is 0 Å². The van der Waals surface area contributed by atoms with Crippen molar-refractivity contribution in [2.75, 3.05) is 13.7 Å². The number of pyridine rings is 1. The summed E-state index contributed by atoms with van der Waals surface area (Å²) in [4.78, 5) is 20.3. The summed E-state index contributed by atoms with van der Waals surface area (Å²) in [6.07, 6.45) is 0. The Labute approximate surface area is 134 Å². The minimum absolute atomic E-state index is 0.329. The lowest BCUT2D eigenvalue weighted by molar-refractivity contribution is 0.0528. The van der Waals surface area contributed by atoms with Crippen molar-refractivity contribution >= 4 is 27.8 Å². The number of ether oxygens (including phenoxy) is 2. The first-order valence-corrected chi connectivity index (χ1v) is 7.62. The monoisotopic (exact) mass is 312 g/mol. The van der Waals surface area contributed by atoms with E-state index in [1.165, 1.54) is 0 Å². The highest BCUT2D eigenvalue weighted by Gasteiger charge is 2.20. The van der Waals surface area contributed by atoms with Crippen LogP contribution in [0.15, 0.2) is 12.1 Å². The Kier molecular flexibility index (Phi) is 3.72. The Balaban J connectivity index is 2.47. The van der Waals surface area contributed by atoms with Crippen molar-refractivity contribution in [1.82, 2.24) is 9.97 Å². The molecule has 0 amide bonds. The van der Waals surface area contributed by atoms with Gasteiger partial charge >= 0.3 is 5.97 Å². The highest BCUT2D eigenvalue weighted by molar-refractivity contribution is 6.11. The van der Waals surface area contributed by atoms with Crippen LogP contribution in [0.4, 0.5) is 0 Å². The minimum Gasteiger partial charge on any atom is -0.492 e. The molecule has 0 unspecified atom stereocenters. The fourth-order valence-electron chi connectivity index (χ4n) is 2.93. The number of esters is 1. The molecule has 0 radical (unpaired) electrons. The van der Waals surface area contributed by atoms with Crippen molar-refractivity contribution < 1.29 is 14.3 Å². The van der Waals surface area contributed by atoms with E-state index in [0.29, 0.717) is 17.9 Å². The largest absolute Gasteiger partial charge is 0.492 e. The molecular formula is C18H20N2O3. The normalized spacial score (nSPS) is 11.2. The van der Waals surface area contributed by atoms with Gasteiger partial charge in [0.05, 0.1) is 24.8 Å². The third-order valence-electron chi connectivity index (χ3n) is 4.15. The Morgan fingerprint density at radius 2 is 1.96 bits per heavy atom. The second-order valence-corrected chi connectivity index (χ2v) is 5.64. The molecule has 3 aromatic rings. The van der Waals surface area contributed by atoms with E-state index >= 15 is 0 Å². The lowest BCUT2D eigenvalue weighted by Crippen LogP contribution is -2.07. The van der Waals surface area contributed by atoms with E-state index in [1.54, 1.807) is 14.0 Å². The molecule has 0 saturated heterocycles. The summed E-state index contributed by atoms with van der Waals surface area (Å²) in [7, 11) is 1.62. The van der Waals surface area contributed by atoms with E-state index in [2.05, 4.69) is 9.97 Å². The maximum atomic E-state index is 12.3. The van der Waals surface area contributed by atoms with E-state index < -0.39 is 0 Å². The van der Waals surface area contributed by atoms with Gasteiger partial charge in [-0.15, -0.1) is 0 Å². The Hall–Kier alpha value is -2.56. The number of aromatic amines is 1. The molecule has 0 atom stereocenters. The highest BCUT2D eigenvalue weighted by Crippen LogP contribution is 2.37. The molecule has 1 aromatic carbocycles. The molecule has 5 nitrogen and oxygen atoms in total. The topological polar surface area (TPSA) is 64.2 Å². The van der Waals surface area contributed by atoms with Gasteiger partial charge in [0.25, 0.3) is 0 Å². The number of hydrogen-bond acceptors (Lipinski definition) is 4. The summed E-state index contributed by atoms with van der Waals surface area (Å²) in [5.41, 5.74) is 5.03. The molecule has 0 saturated carbocycles. The van der Waals surface area contributed by atoms with Crippen LogP contribution in [0.25, 0.3) is 21.8 Å². The molecule has 0 aliphatic carbocycles. The van der Waals surface area contributed by atoms with Gasteiger partial charge in [-0.25, -0.2) is 9.78 Å². The van der Waals surface area contributed by atoms with E-state index in [1.807, 2.05) is 32.9 Å². The number of carbonyl (C=O) groups is 1. The number of nitrogens with zero attached hydrogens (tertiary/aromatic N) is 1. The summed E-state index contributed by atoms with van der Waals surface area (Å²) >= 11 is 0. The maximum absolute atomic E-state index is 12.3. The molecular weight excluding hydrogens is 292 g/mol. The van der Waals surface area contributed by atoms with Crippen LogP contribution >= 0.6 is 0 Å². The van der Waals surface area contributed by atoms with E-state index in [0.717, 1.165) is 38.8 Å². The zero-order valence-corrected chi connectivity index (χ0v) is 14.0. The standard InChI is InChI=1S/C18H20N2O3/c1-6-23-18(21)14-7-9(2)19-16-13(14)8-12-10(3)11(4)20-15(12)17(16)22-5/h7-8,19H,6H2,1-5H3. The average molecular weight is 312 g/mol. The summed E-state index contributed by atoms with van der Waals surface area (Å²) < 4.78 is 10.8. The van der Waals surface area contributed by atoms with Crippen LogP contribution < -0.4 is 4.74 Å². The smallest absolute Gasteiger partial charge is 0.338 e. The molecule has 2 aromatic heterocycles. The minimum atomic E-state index is -0.329. The van der Waals surface area contributed by atoms with Gasteiger partial charge in [0.1, 0.15) is 5.52 Å². The molecule has 0 fully saturated rings. The van der Waals surface area contributed by atoms with E-state index in [-0.39, 0.29) is 5.97 Å². The number of aryl methyl sites for hydroxylation is 3. The summed E-state index contributed by atoms with van der Waals surface area (Å²) in [6.45, 7) is 8.04. The van der Waals surface area contributed by atoms with Gasteiger partial charge in [0, 0.05) is 22.2 Å². The zero-order chi connectivity index (χ0) is 16.7. The van der Waals surface area contributed by atoms with Crippen LogP contribution in [0, 0.1) is 20.8 Å². The van der Waals surface area contributed by atoms with Crippen molar-refractivity contribution in [2.24, 2.45) is 0 Å². The highest BCUT2D eigenvalue weighted by atomic mass is 16.5. The number of fused-ring (bicyclic) bond motifs is 2. The van der Waals surface area contributed by atoms with E-state index in [9.17, 15) is 4.79 Å². The Morgan fingerprint density at radius 3 is 2.61 bits per heavy atom. The number of hydrogen-bond donors (Lipinski definition) is 1. The van der Waals surface area contributed by atoms with Gasteiger partial charge in [-0.2, -0.15) is 0 Å². The molecule has 0 bridgehead atoms. The van der Waals surface area contributed by atoms with Crippen LogP contribution in [0.2, 0.25) is 0 Å². The average Bonchev–Trinajstić information content (AvgIpc) is 2.80.